The highest BCUT2D eigenvalue weighted by molar-refractivity contribution is 6.00. The molecule has 0 saturated heterocycles. The number of carbonyl (C=O) groups is 1. The van der Waals surface area contributed by atoms with E-state index in [-0.39, 0.29) is 18.0 Å². The van der Waals surface area contributed by atoms with Crippen molar-refractivity contribution < 1.29 is 13.6 Å². The SMILES string of the molecule is Cc1ccc2cc(C(F)F)n(-c3cc(C)c4c(c3)CC(=O)N4)c2n1. The van der Waals surface area contributed by atoms with Crippen molar-refractivity contribution in [3.8, 4) is 5.69 Å². The molecule has 0 spiro atoms. The summed E-state index contributed by atoms with van der Waals surface area (Å²) in [6.45, 7) is 3.69. The van der Waals surface area contributed by atoms with Crippen LogP contribution in [0, 0.1) is 13.8 Å². The molecule has 0 radical (unpaired) electrons. The maximum Gasteiger partial charge on any atom is 0.278 e. The van der Waals surface area contributed by atoms with Gasteiger partial charge in [0.05, 0.1) is 12.1 Å². The van der Waals surface area contributed by atoms with E-state index in [1.807, 2.05) is 13.8 Å². The van der Waals surface area contributed by atoms with Crippen LogP contribution in [0.25, 0.3) is 16.7 Å². The normalized spacial score (nSPS) is 13.6. The fraction of sp³-hybridized carbons (Fsp3) is 0.222. The summed E-state index contributed by atoms with van der Waals surface area (Å²) >= 11 is 0. The van der Waals surface area contributed by atoms with Crippen LogP contribution in [0.2, 0.25) is 0 Å². The molecule has 0 atom stereocenters. The van der Waals surface area contributed by atoms with Gasteiger partial charge in [-0.15, -0.1) is 0 Å². The minimum Gasteiger partial charge on any atom is -0.325 e. The van der Waals surface area contributed by atoms with Gasteiger partial charge in [-0.25, -0.2) is 13.8 Å². The van der Waals surface area contributed by atoms with Gasteiger partial charge in [-0.05, 0) is 55.3 Å². The van der Waals surface area contributed by atoms with Crippen molar-refractivity contribution in [3.63, 3.8) is 0 Å². The van der Waals surface area contributed by atoms with Gasteiger partial charge in [0, 0.05) is 22.5 Å². The molecule has 3 aromatic rings. The minimum atomic E-state index is -2.62. The highest BCUT2D eigenvalue weighted by atomic mass is 19.3. The molecule has 4 nitrogen and oxygen atoms in total. The van der Waals surface area contributed by atoms with Crippen molar-refractivity contribution in [2.45, 2.75) is 26.7 Å². The lowest BCUT2D eigenvalue weighted by molar-refractivity contribution is -0.115. The number of carbonyl (C=O) groups excluding carboxylic acids is 1. The molecule has 3 heterocycles. The molecule has 1 aliphatic rings. The van der Waals surface area contributed by atoms with Crippen molar-refractivity contribution >= 4 is 22.6 Å². The van der Waals surface area contributed by atoms with Crippen LogP contribution in [0.3, 0.4) is 0 Å². The first-order valence-electron chi connectivity index (χ1n) is 7.65. The summed E-state index contributed by atoms with van der Waals surface area (Å²) in [5.41, 5.74) is 4.22. The molecule has 0 fully saturated rings. The predicted octanol–water partition coefficient (Wildman–Crippen LogP) is 4.07. The van der Waals surface area contributed by atoms with Crippen LogP contribution < -0.4 is 5.32 Å². The Labute approximate surface area is 137 Å². The summed E-state index contributed by atoms with van der Waals surface area (Å²) in [6.07, 6.45) is -2.35. The zero-order chi connectivity index (χ0) is 17.0. The average Bonchev–Trinajstić information content (AvgIpc) is 3.07. The summed E-state index contributed by atoms with van der Waals surface area (Å²) in [5.74, 6) is -0.0781. The van der Waals surface area contributed by atoms with Crippen molar-refractivity contribution in [3.05, 3.63) is 52.8 Å². The summed E-state index contributed by atoms with van der Waals surface area (Å²) < 4.78 is 28.6. The Kier molecular flexibility index (Phi) is 3.16. The van der Waals surface area contributed by atoms with Crippen molar-refractivity contribution in [1.82, 2.24) is 9.55 Å². The number of nitrogens with one attached hydrogen (secondary N) is 1. The molecule has 1 aliphatic heterocycles. The Hall–Kier alpha value is -2.76. The van der Waals surface area contributed by atoms with Gasteiger partial charge in [-0.1, -0.05) is 0 Å². The molecule has 2 aromatic heterocycles. The lowest BCUT2D eigenvalue weighted by Gasteiger charge is -2.13. The summed E-state index contributed by atoms with van der Waals surface area (Å²) in [6, 6.07) is 8.66. The zero-order valence-electron chi connectivity index (χ0n) is 13.2. The van der Waals surface area contributed by atoms with Crippen LogP contribution in [0.15, 0.2) is 30.3 Å². The van der Waals surface area contributed by atoms with E-state index in [0.29, 0.717) is 16.7 Å². The number of rotatable bonds is 2. The third-order valence-electron chi connectivity index (χ3n) is 4.32. The molecule has 4 rings (SSSR count). The Morgan fingerprint density at radius 1 is 1.21 bits per heavy atom. The number of halogens is 2. The summed E-state index contributed by atoms with van der Waals surface area (Å²) in [4.78, 5) is 16.1. The van der Waals surface area contributed by atoms with Crippen molar-refractivity contribution in [2.75, 3.05) is 5.32 Å². The number of benzene rings is 1. The molecule has 0 unspecified atom stereocenters. The monoisotopic (exact) mass is 327 g/mol. The molecular weight excluding hydrogens is 312 g/mol. The van der Waals surface area contributed by atoms with Gasteiger partial charge >= 0.3 is 0 Å². The number of fused-ring (bicyclic) bond motifs is 2. The van der Waals surface area contributed by atoms with E-state index in [2.05, 4.69) is 10.3 Å². The third kappa shape index (κ3) is 2.18. The number of nitrogens with zero attached hydrogens (tertiary/aromatic N) is 2. The van der Waals surface area contributed by atoms with E-state index in [9.17, 15) is 13.6 Å². The van der Waals surface area contributed by atoms with E-state index in [1.54, 1.807) is 24.3 Å². The van der Waals surface area contributed by atoms with Gasteiger partial charge in [0.1, 0.15) is 5.65 Å². The molecule has 24 heavy (non-hydrogen) atoms. The molecule has 122 valence electrons. The molecule has 0 saturated carbocycles. The second-order valence-electron chi connectivity index (χ2n) is 6.09. The van der Waals surface area contributed by atoms with E-state index in [0.717, 1.165) is 22.5 Å². The van der Waals surface area contributed by atoms with Crippen molar-refractivity contribution in [2.24, 2.45) is 0 Å². The zero-order valence-corrected chi connectivity index (χ0v) is 13.2. The molecule has 1 N–H and O–H groups in total. The maximum absolute atomic E-state index is 13.6. The number of amides is 1. The average molecular weight is 327 g/mol. The Balaban J connectivity index is 2.01. The predicted molar refractivity (Wildman–Crippen MR) is 87.8 cm³/mol. The molecule has 1 amide bonds. The van der Waals surface area contributed by atoms with Gasteiger partial charge in [0.25, 0.3) is 6.43 Å². The molecule has 0 aliphatic carbocycles. The van der Waals surface area contributed by atoms with Gasteiger partial charge in [-0.2, -0.15) is 0 Å². The molecular formula is C18H15F2N3O. The number of pyridine rings is 1. The summed E-state index contributed by atoms with van der Waals surface area (Å²) in [7, 11) is 0. The standard InChI is InChI=1S/C18H15F2N3O/c1-9-5-13(6-12-8-15(24)22-16(9)12)23-14(17(19)20)7-11-4-3-10(2)21-18(11)23/h3-7,17H,8H2,1-2H3,(H,22,24). The van der Waals surface area contributed by atoms with Crippen molar-refractivity contribution in [1.29, 1.82) is 0 Å². The van der Waals surface area contributed by atoms with Gasteiger partial charge in [-0.3, -0.25) is 9.36 Å². The van der Waals surface area contributed by atoms with Crippen LogP contribution >= 0.6 is 0 Å². The maximum atomic E-state index is 13.6. The lowest BCUT2D eigenvalue weighted by atomic mass is 10.1. The highest BCUT2D eigenvalue weighted by Gasteiger charge is 2.24. The largest absolute Gasteiger partial charge is 0.325 e. The van der Waals surface area contributed by atoms with E-state index >= 15 is 0 Å². The third-order valence-corrected chi connectivity index (χ3v) is 4.32. The topological polar surface area (TPSA) is 46.9 Å². The smallest absolute Gasteiger partial charge is 0.278 e. The Bertz CT molecular complexity index is 992. The quantitative estimate of drug-likeness (QED) is 0.771. The number of anilines is 1. The first-order valence-corrected chi connectivity index (χ1v) is 7.65. The lowest BCUT2D eigenvalue weighted by Crippen LogP contribution is -2.04. The van der Waals surface area contributed by atoms with Crippen LogP contribution in [-0.2, 0) is 11.2 Å². The van der Waals surface area contributed by atoms with Gasteiger partial charge < -0.3 is 5.32 Å². The first kappa shape index (κ1) is 14.8. The Morgan fingerprint density at radius 3 is 2.75 bits per heavy atom. The highest BCUT2D eigenvalue weighted by Crippen LogP contribution is 2.34. The first-order chi connectivity index (χ1) is 11.4. The minimum absolute atomic E-state index is 0.0781. The number of aryl methyl sites for hydroxylation is 2. The van der Waals surface area contributed by atoms with Crippen LogP contribution in [0.1, 0.15) is 28.9 Å². The molecule has 6 heteroatoms. The molecule has 1 aromatic carbocycles. The number of hydrogen-bond acceptors (Lipinski definition) is 2. The van der Waals surface area contributed by atoms with E-state index < -0.39 is 6.43 Å². The summed E-state index contributed by atoms with van der Waals surface area (Å²) in [5, 5.41) is 3.48. The number of alkyl halides is 2. The van der Waals surface area contributed by atoms with Gasteiger partial charge in [0.15, 0.2) is 0 Å². The van der Waals surface area contributed by atoms with Crippen LogP contribution in [0.4, 0.5) is 14.5 Å². The van der Waals surface area contributed by atoms with Crippen LogP contribution in [0.5, 0.6) is 0 Å². The number of hydrogen-bond donors (Lipinski definition) is 1. The second-order valence-corrected chi connectivity index (χ2v) is 6.09. The second kappa shape index (κ2) is 5.12. The molecule has 0 bridgehead atoms. The number of aromatic nitrogens is 2. The van der Waals surface area contributed by atoms with E-state index in [1.165, 1.54) is 10.6 Å². The fourth-order valence-electron chi connectivity index (χ4n) is 3.27. The fourth-order valence-corrected chi connectivity index (χ4v) is 3.27. The van der Waals surface area contributed by atoms with Gasteiger partial charge in [0.2, 0.25) is 5.91 Å². The Morgan fingerprint density at radius 2 is 2.00 bits per heavy atom. The van der Waals surface area contributed by atoms with Crippen LogP contribution in [-0.4, -0.2) is 15.5 Å². The van der Waals surface area contributed by atoms with E-state index in [4.69, 9.17) is 0 Å².